The highest BCUT2D eigenvalue weighted by atomic mass is 16.6. The molecule has 0 radical (unpaired) electrons. The van der Waals surface area contributed by atoms with Gasteiger partial charge in [0.05, 0.1) is 36.5 Å². The Morgan fingerprint density at radius 1 is 0.898 bits per heavy atom. The summed E-state index contributed by atoms with van der Waals surface area (Å²) in [6, 6.07) is 12.4. The van der Waals surface area contributed by atoms with Crippen LogP contribution in [-0.2, 0) is 32.7 Å². The highest BCUT2D eigenvalue weighted by Gasteiger charge is 2.38. The number of hydrogen-bond acceptors (Lipinski definition) is 8. The molecule has 3 saturated heterocycles. The lowest BCUT2D eigenvalue weighted by Crippen LogP contribution is -2.47. The second-order valence-electron chi connectivity index (χ2n) is 14.5. The maximum absolute atomic E-state index is 13.8. The van der Waals surface area contributed by atoms with Crippen molar-refractivity contribution in [3.05, 3.63) is 58.5 Å². The summed E-state index contributed by atoms with van der Waals surface area (Å²) in [7, 11) is 3.34. The topological polar surface area (TPSA) is 116 Å². The molecule has 6 rings (SSSR count). The Morgan fingerprint density at radius 2 is 1.59 bits per heavy atom. The van der Waals surface area contributed by atoms with Gasteiger partial charge in [-0.2, -0.15) is 0 Å². The van der Waals surface area contributed by atoms with E-state index in [-0.39, 0.29) is 49.1 Å². The minimum Gasteiger partial charge on any atom is -0.497 e. The molecule has 3 fully saturated rings. The third kappa shape index (κ3) is 7.49. The molecule has 12 nitrogen and oxygen atoms in total. The molecular formula is C37H49N5O7. The van der Waals surface area contributed by atoms with Crippen molar-refractivity contribution < 1.29 is 28.6 Å². The SMILES string of the molecule is COc1ccc(CN2C(=O)CCC(n3c(=O)n(C)c4c(N5CCC(OCC6CCN(C(=O)OC(C)(C)C)CC6)CC5)cccc43)C2=O)cc1. The lowest BCUT2D eigenvalue weighted by atomic mass is 9.97. The first kappa shape index (κ1) is 34.5. The molecule has 0 spiro atoms. The summed E-state index contributed by atoms with van der Waals surface area (Å²) < 4.78 is 20.4. The van der Waals surface area contributed by atoms with Crippen LogP contribution in [0.5, 0.6) is 5.75 Å². The van der Waals surface area contributed by atoms with Gasteiger partial charge in [0.2, 0.25) is 5.91 Å². The van der Waals surface area contributed by atoms with Crippen LogP contribution in [0.25, 0.3) is 11.0 Å². The van der Waals surface area contributed by atoms with Crippen molar-refractivity contribution >= 4 is 34.6 Å². The van der Waals surface area contributed by atoms with E-state index < -0.39 is 11.6 Å². The predicted molar refractivity (Wildman–Crippen MR) is 186 cm³/mol. The molecule has 0 saturated carbocycles. The number of aromatic nitrogens is 2. The molecule has 0 N–H and O–H groups in total. The number of ether oxygens (including phenoxy) is 3. The molecule has 0 bridgehead atoms. The van der Waals surface area contributed by atoms with Gasteiger partial charge in [0.15, 0.2) is 0 Å². The first-order valence-electron chi connectivity index (χ1n) is 17.4. The van der Waals surface area contributed by atoms with Crippen LogP contribution in [0.4, 0.5) is 10.5 Å². The molecule has 0 aliphatic carbocycles. The zero-order valence-corrected chi connectivity index (χ0v) is 29.4. The lowest BCUT2D eigenvalue weighted by molar-refractivity contribution is -0.151. The van der Waals surface area contributed by atoms with Crippen LogP contribution in [-0.4, -0.2) is 88.4 Å². The number of carbonyl (C=O) groups is 3. The van der Waals surface area contributed by atoms with Crippen molar-refractivity contribution in [2.75, 3.05) is 44.8 Å². The van der Waals surface area contributed by atoms with Crippen LogP contribution in [0.1, 0.15) is 70.9 Å². The third-order valence-electron chi connectivity index (χ3n) is 9.99. The minimum absolute atomic E-state index is 0.144. The number of likely N-dealkylation sites (tertiary alicyclic amines) is 2. The van der Waals surface area contributed by atoms with E-state index >= 15 is 0 Å². The second kappa shape index (κ2) is 14.3. The fourth-order valence-corrected chi connectivity index (χ4v) is 7.26. The van der Waals surface area contributed by atoms with Crippen LogP contribution in [0.15, 0.2) is 47.3 Å². The van der Waals surface area contributed by atoms with E-state index in [0.29, 0.717) is 36.9 Å². The summed E-state index contributed by atoms with van der Waals surface area (Å²) in [6.45, 7) is 9.43. The summed E-state index contributed by atoms with van der Waals surface area (Å²) in [5.74, 6) is 0.523. The fraction of sp³-hybridized carbons (Fsp3) is 0.568. The number of benzene rings is 2. The van der Waals surface area contributed by atoms with Crippen LogP contribution in [0.2, 0.25) is 0 Å². The number of piperidine rings is 3. The van der Waals surface area contributed by atoms with E-state index in [1.54, 1.807) is 40.3 Å². The van der Waals surface area contributed by atoms with Crippen molar-refractivity contribution in [3.8, 4) is 5.75 Å². The van der Waals surface area contributed by atoms with Gasteiger partial charge in [-0.05, 0) is 88.6 Å². The first-order chi connectivity index (χ1) is 23.4. The Balaban J connectivity index is 1.09. The van der Waals surface area contributed by atoms with Crippen molar-refractivity contribution in [3.63, 3.8) is 0 Å². The molecule has 2 aromatic carbocycles. The Labute approximate surface area is 287 Å². The Hall–Kier alpha value is -4.32. The second-order valence-corrected chi connectivity index (χ2v) is 14.5. The van der Waals surface area contributed by atoms with Gasteiger partial charge in [0, 0.05) is 46.3 Å². The predicted octanol–water partition coefficient (Wildman–Crippen LogP) is 4.87. The molecule has 12 heteroatoms. The molecule has 3 aromatic rings. The number of methoxy groups -OCH3 is 1. The molecule has 264 valence electrons. The number of hydrogen-bond donors (Lipinski definition) is 0. The van der Waals surface area contributed by atoms with E-state index in [1.165, 1.54) is 4.90 Å². The third-order valence-corrected chi connectivity index (χ3v) is 9.99. The molecule has 49 heavy (non-hydrogen) atoms. The largest absolute Gasteiger partial charge is 0.497 e. The van der Waals surface area contributed by atoms with E-state index in [4.69, 9.17) is 14.2 Å². The smallest absolute Gasteiger partial charge is 0.410 e. The molecular weight excluding hydrogens is 626 g/mol. The van der Waals surface area contributed by atoms with Crippen LogP contribution < -0.4 is 15.3 Å². The molecule has 4 heterocycles. The molecule has 3 aliphatic rings. The van der Waals surface area contributed by atoms with E-state index in [1.807, 2.05) is 51.1 Å². The van der Waals surface area contributed by atoms with Gasteiger partial charge in [0.25, 0.3) is 5.91 Å². The Bertz CT molecular complexity index is 1720. The summed E-state index contributed by atoms with van der Waals surface area (Å²) in [5.41, 5.74) is 2.49. The summed E-state index contributed by atoms with van der Waals surface area (Å²) in [5, 5.41) is 0. The number of imide groups is 1. The van der Waals surface area contributed by atoms with E-state index in [2.05, 4.69) is 4.90 Å². The number of fused-ring (bicyclic) bond motifs is 1. The summed E-state index contributed by atoms with van der Waals surface area (Å²) in [4.78, 5) is 58.3. The molecule has 1 aromatic heterocycles. The highest BCUT2D eigenvalue weighted by Crippen LogP contribution is 2.33. The number of imidazole rings is 1. The number of rotatable bonds is 8. The lowest BCUT2D eigenvalue weighted by Gasteiger charge is -2.36. The number of amides is 3. The van der Waals surface area contributed by atoms with Gasteiger partial charge in [-0.25, -0.2) is 9.59 Å². The summed E-state index contributed by atoms with van der Waals surface area (Å²) >= 11 is 0. The van der Waals surface area contributed by atoms with Gasteiger partial charge in [0.1, 0.15) is 17.4 Å². The normalized spacial score (nSPS) is 19.9. The standard InChI is InChI=1S/C37H49N5O7/c1-37(2,3)49-36(46)40-19-15-26(16-20-40)24-48-28-17-21-39(22-18-28)29-7-6-8-30-33(29)38(4)35(45)42(30)31-13-14-32(43)41(34(31)44)23-25-9-11-27(47-5)12-10-25/h6-12,26,28,31H,13-24H2,1-5H3. The zero-order chi connectivity index (χ0) is 34.9. The average Bonchev–Trinajstić information content (AvgIpc) is 3.34. The van der Waals surface area contributed by atoms with Crippen molar-refractivity contribution in [2.45, 2.75) is 83.6 Å². The van der Waals surface area contributed by atoms with Gasteiger partial charge in [-0.15, -0.1) is 0 Å². The monoisotopic (exact) mass is 675 g/mol. The quantitative estimate of drug-likeness (QED) is 0.311. The molecule has 1 atom stereocenters. The molecule has 3 amide bonds. The fourth-order valence-electron chi connectivity index (χ4n) is 7.26. The van der Waals surface area contributed by atoms with E-state index in [9.17, 15) is 19.2 Å². The van der Waals surface area contributed by atoms with Crippen LogP contribution in [0, 0.1) is 5.92 Å². The number of para-hydroxylation sites is 1. The van der Waals surface area contributed by atoms with E-state index in [0.717, 1.165) is 55.5 Å². The maximum Gasteiger partial charge on any atom is 0.410 e. The molecule has 1 unspecified atom stereocenters. The van der Waals surface area contributed by atoms with Crippen molar-refractivity contribution in [2.24, 2.45) is 13.0 Å². The van der Waals surface area contributed by atoms with Crippen molar-refractivity contribution in [1.82, 2.24) is 18.9 Å². The maximum atomic E-state index is 13.8. The average molecular weight is 676 g/mol. The van der Waals surface area contributed by atoms with Gasteiger partial charge < -0.3 is 24.0 Å². The zero-order valence-electron chi connectivity index (χ0n) is 29.4. The minimum atomic E-state index is -0.766. The number of anilines is 1. The Morgan fingerprint density at radius 3 is 2.24 bits per heavy atom. The van der Waals surface area contributed by atoms with Gasteiger partial charge in [-0.3, -0.25) is 23.6 Å². The number of nitrogens with zero attached hydrogens (tertiary/aromatic N) is 5. The molecule has 3 aliphatic heterocycles. The van der Waals surface area contributed by atoms with Gasteiger partial charge >= 0.3 is 11.8 Å². The van der Waals surface area contributed by atoms with Gasteiger partial charge in [-0.1, -0.05) is 18.2 Å². The van der Waals surface area contributed by atoms with Crippen molar-refractivity contribution in [1.29, 1.82) is 0 Å². The summed E-state index contributed by atoms with van der Waals surface area (Å²) in [6.07, 6.45) is 3.92. The first-order valence-corrected chi connectivity index (χ1v) is 17.4. The number of carbonyl (C=O) groups excluding carboxylic acids is 3. The number of aryl methyl sites for hydroxylation is 1. The highest BCUT2D eigenvalue weighted by molar-refractivity contribution is 6.00. The van der Waals surface area contributed by atoms with Crippen LogP contribution >= 0.6 is 0 Å². The Kier molecular flexibility index (Phi) is 10.1. The van der Waals surface area contributed by atoms with Crippen LogP contribution in [0.3, 0.4) is 0 Å².